The van der Waals surface area contributed by atoms with Crippen LogP contribution in [-0.4, -0.2) is 12.8 Å². The van der Waals surface area contributed by atoms with Crippen molar-refractivity contribution in [3.8, 4) is 0 Å². The normalized spacial score (nSPS) is 29.7. The van der Waals surface area contributed by atoms with E-state index in [-0.39, 0.29) is 10.8 Å². The number of aldehydes is 1. The molecule has 1 unspecified atom stereocenters. The highest BCUT2D eigenvalue weighted by molar-refractivity contribution is 5.66. The van der Waals surface area contributed by atoms with Gasteiger partial charge in [-0.1, -0.05) is 32.4 Å². The zero-order valence-electron chi connectivity index (χ0n) is 10.2. The molecule has 2 nitrogen and oxygen atoms in total. The summed E-state index contributed by atoms with van der Waals surface area (Å²) in [5, 5.41) is 0. The van der Waals surface area contributed by atoms with Crippen LogP contribution in [0.15, 0.2) is 11.6 Å². The molecule has 0 amide bonds. The molecule has 0 bridgehead atoms. The Kier molecular flexibility index (Phi) is 3.72. The van der Waals surface area contributed by atoms with Gasteiger partial charge < -0.3 is 10.5 Å². The fourth-order valence-corrected chi connectivity index (χ4v) is 2.58. The van der Waals surface area contributed by atoms with Crippen molar-refractivity contribution in [3.05, 3.63) is 11.6 Å². The van der Waals surface area contributed by atoms with Gasteiger partial charge in [0.1, 0.15) is 6.29 Å². The molecule has 0 aliphatic heterocycles. The molecule has 0 radical (unpaired) electrons. The fraction of sp³-hybridized carbons (Fsp3) is 0.769. The van der Waals surface area contributed by atoms with Gasteiger partial charge in [-0.05, 0) is 37.6 Å². The number of rotatable bonds is 4. The maximum Gasteiger partial charge on any atom is 0.130 e. The molecule has 0 fully saturated rings. The molecular formula is C13H23NO. The highest BCUT2D eigenvalue weighted by Gasteiger charge is 2.38. The lowest BCUT2D eigenvalue weighted by atomic mass is 9.64. The second-order valence-electron chi connectivity index (χ2n) is 5.32. The lowest BCUT2D eigenvalue weighted by molar-refractivity contribution is -0.115. The fourth-order valence-electron chi connectivity index (χ4n) is 2.58. The molecule has 0 saturated heterocycles. The topological polar surface area (TPSA) is 43.1 Å². The summed E-state index contributed by atoms with van der Waals surface area (Å²) in [6, 6.07) is 0. The minimum absolute atomic E-state index is 0.243. The third-order valence-corrected chi connectivity index (χ3v) is 3.62. The monoisotopic (exact) mass is 209 g/mol. The standard InChI is InChI=1S/C13H23NO/c1-4-11-9-12(2,3)5-6-13(11,10-15)7-8-14/h9-10H,4-8,14H2,1-3H3. The van der Waals surface area contributed by atoms with Gasteiger partial charge in [0.2, 0.25) is 0 Å². The highest BCUT2D eigenvalue weighted by Crippen LogP contribution is 2.46. The molecule has 1 rings (SSSR count). The zero-order valence-corrected chi connectivity index (χ0v) is 10.2. The Morgan fingerprint density at radius 1 is 1.47 bits per heavy atom. The molecule has 0 heterocycles. The van der Waals surface area contributed by atoms with Crippen LogP contribution >= 0.6 is 0 Å². The zero-order chi connectivity index (χ0) is 11.5. The summed E-state index contributed by atoms with van der Waals surface area (Å²) in [6.07, 6.45) is 7.22. The van der Waals surface area contributed by atoms with Crippen molar-refractivity contribution in [2.75, 3.05) is 6.54 Å². The Balaban J connectivity index is 3.04. The van der Waals surface area contributed by atoms with Crippen molar-refractivity contribution < 1.29 is 4.79 Å². The van der Waals surface area contributed by atoms with Gasteiger partial charge in [-0.25, -0.2) is 0 Å². The van der Waals surface area contributed by atoms with Crippen LogP contribution in [-0.2, 0) is 4.79 Å². The number of carbonyl (C=O) groups excluding carboxylic acids is 1. The third kappa shape index (κ3) is 2.49. The maximum atomic E-state index is 11.4. The molecule has 86 valence electrons. The summed E-state index contributed by atoms with van der Waals surface area (Å²) in [5.74, 6) is 0. The van der Waals surface area contributed by atoms with Crippen LogP contribution in [0.4, 0.5) is 0 Å². The third-order valence-electron chi connectivity index (χ3n) is 3.62. The lowest BCUT2D eigenvalue weighted by Gasteiger charge is -2.39. The Hall–Kier alpha value is -0.630. The first-order valence-corrected chi connectivity index (χ1v) is 5.88. The maximum absolute atomic E-state index is 11.4. The molecule has 0 spiro atoms. The molecule has 1 aliphatic carbocycles. The summed E-state index contributed by atoms with van der Waals surface area (Å²) in [5.41, 5.74) is 6.90. The highest BCUT2D eigenvalue weighted by atomic mass is 16.1. The van der Waals surface area contributed by atoms with E-state index in [0.29, 0.717) is 6.54 Å². The molecule has 0 aromatic heterocycles. The predicted molar refractivity (Wildman–Crippen MR) is 63.6 cm³/mol. The lowest BCUT2D eigenvalue weighted by Crippen LogP contribution is -2.34. The van der Waals surface area contributed by atoms with Crippen LogP contribution in [0.3, 0.4) is 0 Å². The van der Waals surface area contributed by atoms with Gasteiger partial charge >= 0.3 is 0 Å². The van der Waals surface area contributed by atoms with Gasteiger partial charge in [0, 0.05) is 5.41 Å². The van der Waals surface area contributed by atoms with Crippen LogP contribution in [0.5, 0.6) is 0 Å². The van der Waals surface area contributed by atoms with E-state index in [1.807, 2.05) is 0 Å². The van der Waals surface area contributed by atoms with Gasteiger partial charge in [0.25, 0.3) is 0 Å². The Morgan fingerprint density at radius 2 is 2.13 bits per heavy atom. The molecule has 2 heteroatoms. The summed E-state index contributed by atoms with van der Waals surface area (Å²) in [7, 11) is 0. The van der Waals surface area contributed by atoms with Crippen molar-refractivity contribution in [3.63, 3.8) is 0 Å². The first-order chi connectivity index (χ1) is 6.99. The second-order valence-corrected chi connectivity index (χ2v) is 5.32. The van der Waals surface area contributed by atoms with E-state index in [2.05, 4.69) is 26.8 Å². The largest absolute Gasteiger partial charge is 0.330 e. The minimum atomic E-state index is -0.251. The summed E-state index contributed by atoms with van der Waals surface area (Å²) >= 11 is 0. The summed E-state index contributed by atoms with van der Waals surface area (Å²) in [6.45, 7) is 7.19. The van der Waals surface area contributed by atoms with E-state index in [0.717, 1.165) is 32.0 Å². The Bertz CT molecular complexity index is 268. The van der Waals surface area contributed by atoms with E-state index < -0.39 is 0 Å². The van der Waals surface area contributed by atoms with E-state index in [1.54, 1.807) is 0 Å². The van der Waals surface area contributed by atoms with E-state index in [1.165, 1.54) is 5.57 Å². The predicted octanol–water partition coefficient (Wildman–Crippen LogP) is 2.68. The number of carbonyl (C=O) groups is 1. The average molecular weight is 209 g/mol. The molecule has 15 heavy (non-hydrogen) atoms. The SMILES string of the molecule is CCC1=CC(C)(C)CCC1(C=O)CCN. The first-order valence-electron chi connectivity index (χ1n) is 5.88. The molecule has 1 atom stereocenters. The Labute approximate surface area is 92.9 Å². The molecule has 1 aliphatic rings. The summed E-state index contributed by atoms with van der Waals surface area (Å²) in [4.78, 5) is 11.4. The first kappa shape index (κ1) is 12.4. The number of allylic oxidation sites excluding steroid dienone is 2. The second kappa shape index (κ2) is 4.48. The van der Waals surface area contributed by atoms with Crippen LogP contribution in [0.1, 0.15) is 46.5 Å². The van der Waals surface area contributed by atoms with Gasteiger partial charge in [-0.15, -0.1) is 0 Å². The van der Waals surface area contributed by atoms with E-state index in [9.17, 15) is 4.79 Å². The Morgan fingerprint density at radius 3 is 2.60 bits per heavy atom. The number of hydrogen-bond acceptors (Lipinski definition) is 2. The van der Waals surface area contributed by atoms with Crippen LogP contribution in [0.2, 0.25) is 0 Å². The van der Waals surface area contributed by atoms with Crippen LogP contribution < -0.4 is 5.73 Å². The van der Waals surface area contributed by atoms with Crippen LogP contribution in [0, 0.1) is 10.8 Å². The van der Waals surface area contributed by atoms with Crippen molar-refractivity contribution in [2.45, 2.75) is 46.5 Å². The van der Waals surface area contributed by atoms with Crippen molar-refractivity contribution in [1.29, 1.82) is 0 Å². The van der Waals surface area contributed by atoms with Crippen molar-refractivity contribution in [1.82, 2.24) is 0 Å². The van der Waals surface area contributed by atoms with Crippen LogP contribution in [0.25, 0.3) is 0 Å². The van der Waals surface area contributed by atoms with Gasteiger partial charge in [0.05, 0.1) is 0 Å². The van der Waals surface area contributed by atoms with Gasteiger partial charge in [-0.2, -0.15) is 0 Å². The average Bonchev–Trinajstić information content (AvgIpc) is 2.21. The molecule has 2 N–H and O–H groups in total. The molecule has 0 saturated carbocycles. The van der Waals surface area contributed by atoms with E-state index >= 15 is 0 Å². The van der Waals surface area contributed by atoms with Gasteiger partial charge in [-0.3, -0.25) is 0 Å². The molecule has 0 aromatic rings. The molecular weight excluding hydrogens is 186 g/mol. The smallest absolute Gasteiger partial charge is 0.130 e. The van der Waals surface area contributed by atoms with E-state index in [4.69, 9.17) is 5.73 Å². The van der Waals surface area contributed by atoms with Crippen molar-refractivity contribution in [2.24, 2.45) is 16.6 Å². The minimum Gasteiger partial charge on any atom is -0.330 e. The molecule has 0 aromatic carbocycles. The number of nitrogens with two attached hydrogens (primary N) is 1. The van der Waals surface area contributed by atoms with Gasteiger partial charge in [0.15, 0.2) is 0 Å². The van der Waals surface area contributed by atoms with Crippen molar-refractivity contribution >= 4 is 6.29 Å². The number of hydrogen-bond donors (Lipinski definition) is 1. The quantitative estimate of drug-likeness (QED) is 0.571. The summed E-state index contributed by atoms with van der Waals surface area (Å²) < 4.78 is 0.